The van der Waals surface area contributed by atoms with E-state index in [0.29, 0.717) is 19.4 Å². The van der Waals surface area contributed by atoms with Crippen molar-refractivity contribution in [3.05, 3.63) is 97.2 Å². The summed E-state index contributed by atoms with van der Waals surface area (Å²) in [5.74, 6) is -0.439. The van der Waals surface area contributed by atoms with E-state index >= 15 is 0 Å². The first-order valence-electron chi connectivity index (χ1n) is 26.8. The van der Waals surface area contributed by atoms with E-state index in [1.807, 2.05) is 0 Å². The Labute approximate surface area is 396 Å². The molecule has 0 fully saturated rings. The average molecular weight is 889 g/mol. The molecule has 0 N–H and O–H groups in total. The number of hydrogen-bond donors (Lipinski definition) is 0. The van der Waals surface area contributed by atoms with Crippen molar-refractivity contribution in [1.82, 2.24) is 0 Å². The van der Waals surface area contributed by atoms with Gasteiger partial charge in [-0.15, -0.1) is 0 Å². The van der Waals surface area contributed by atoms with E-state index in [4.69, 9.17) is 14.2 Å². The molecule has 1 unspecified atom stereocenters. The minimum atomic E-state index is -0.558. The van der Waals surface area contributed by atoms with Gasteiger partial charge in [0.2, 0.25) is 0 Å². The average Bonchev–Trinajstić information content (AvgIpc) is 3.30. The maximum atomic E-state index is 12.8. The fourth-order valence-corrected chi connectivity index (χ4v) is 7.20. The summed E-state index contributed by atoms with van der Waals surface area (Å²) in [6.45, 7) is 7.57. The molecule has 0 saturated heterocycles. The summed E-state index contributed by atoms with van der Waals surface area (Å²) in [4.78, 5) is 25.4. The van der Waals surface area contributed by atoms with Gasteiger partial charge in [0.15, 0.2) is 6.10 Å². The molecule has 0 amide bonds. The molecule has 5 nitrogen and oxygen atoms in total. The Morgan fingerprint density at radius 3 is 1.12 bits per heavy atom. The van der Waals surface area contributed by atoms with Gasteiger partial charge in [-0.3, -0.25) is 9.59 Å². The van der Waals surface area contributed by atoms with Gasteiger partial charge < -0.3 is 14.2 Å². The third-order valence-corrected chi connectivity index (χ3v) is 11.1. The zero-order chi connectivity index (χ0) is 46.3. The fraction of sp³-hybridized carbons (Fsp3) is 0.695. The lowest BCUT2D eigenvalue weighted by molar-refractivity contribution is -0.163. The lowest BCUT2D eigenvalue weighted by Crippen LogP contribution is -2.30. The van der Waals surface area contributed by atoms with E-state index in [-0.39, 0.29) is 25.2 Å². The maximum absolute atomic E-state index is 12.8. The molecule has 0 spiro atoms. The molecule has 0 aromatic carbocycles. The summed E-state index contributed by atoms with van der Waals surface area (Å²) >= 11 is 0. The Morgan fingerprint density at radius 2 is 0.703 bits per heavy atom. The monoisotopic (exact) mass is 889 g/mol. The van der Waals surface area contributed by atoms with Crippen molar-refractivity contribution < 1.29 is 23.8 Å². The zero-order valence-corrected chi connectivity index (χ0v) is 42.0. The summed E-state index contributed by atoms with van der Waals surface area (Å²) in [5, 5.41) is 0. The number of ether oxygens (including phenoxy) is 3. The van der Waals surface area contributed by atoms with Crippen LogP contribution in [0.1, 0.15) is 239 Å². The quantitative estimate of drug-likeness (QED) is 0.0346. The third kappa shape index (κ3) is 51.5. The lowest BCUT2D eigenvalue weighted by Gasteiger charge is -2.18. The highest BCUT2D eigenvalue weighted by molar-refractivity contribution is 5.70. The van der Waals surface area contributed by atoms with Crippen LogP contribution in [0.4, 0.5) is 0 Å². The molecule has 0 aromatic rings. The Bertz CT molecular complexity index is 1230. The summed E-state index contributed by atoms with van der Waals surface area (Å²) < 4.78 is 17.4. The molecular weight excluding hydrogens is 789 g/mol. The smallest absolute Gasteiger partial charge is 0.306 e. The first-order chi connectivity index (χ1) is 31.6. The van der Waals surface area contributed by atoms with Gasteiger partial charge in [-0.05, 0) is 96.3 Å². The van der Waals surface area contributed by atoms with Gasteiger partial charge in [-0.1, -0.05) is 227 Å². The molecule has 366 valence electrons. The van der Waals surface area contributed by atoms with Gasteiger partial charge in [0, 0.05) is 19.4 Å². The molecule has 0 aliphatic rings. The van der Waals surface area contributed by atoms with Crippen LogP contribution in [0.3, 0.4) is 0 Å². The first-order valence-corrected chi connectivity index (χ1v) is 26.8. The van der Waals surface area contributed by atoms with Crippen LogP contribution in [0.15, 0.2) is 97.2 Å². The normalized spacial score (nSPS) is 13.0. The number of hydrogen-bond acceptors (Lipinski definition) is 5. The minimum absolute atomic E-state index is 0.0647. The second-order valence-corrected chi connectivity index (χ2v) is 17.4. The highest BCUT2D eigenvalue weighted by atomic mass is 16.6. The summed E-state index contributed by atoms with van der Waals surface area (Å²) in [5.41, 5.74) is 0. The molecular formula is C59H100O5. The summed E-state index contributed by atoms with van der Waals surface area (Å²) in [6.07, 6.45) is 72.7. The van der Waals surface area contributed by atoms with Crippen LogP contribution in [-0.4, -0.2) is 37.9 Å². The Balaban J connectivity index is 4.33. The fourth-order valence-electron chi connectivity index (χ4n) is 7.20. The van der Waals surface area contributed by atoms with E-state index in [0.717, 1.165) is 122 Å². The standard InChI is InChI=1S/C59H100O5/c1-4-7-10-13-16-19-22-25-27-29-30-32-33-35-37-40-43-46-49-52-58(60)63-56-57(55-62-54-51-48-45-42-39-24-21-18-15-12-9-6-3)64-59(61)53-50-47-44-41-38-36-34-31-28-26-23-20-17-14-11-8-5-2/h7-8,10-11,16-17,19-20,25-28,30,32,34,36,57H,4-6,9,12-15,18,21-24,29,31,33,35,37-56H2,1-3H3/b10-7-,11-8-,19-16-,20-17-,27-25-,28-26-,32-30-,36-34-. The van der Waals surface area contributed by atoms with Crippen molar-refractivity contribution in [2.45, 2.75) is 245 Å². The predicted octanol–water partition coefficient (Wildman–Crippen LogP) is 18.2. The Morgan fingerprint density at radius 1 is 0.359 bits per heavy atom. The van der Waals surface area contributed by atoms with E-state index in [9.17, 15) is 9.59 Å². The second-order valence-electron chi connectivity index (χ2n) is 17.4. The molecule has 0 aliphatic carbocycles. The van der Waals surface area contributed by atoms with Gasteiger partial charge in [0.05, 0.1) is 6.61 Å². The Kier molecular flexibility index (Phi) is 51.5. The van der Waals surface area contributed by atoms with Gasteiger partial charge in [-0.25, -0.2) is 0 Å². The van der Waals surface area contributed by atoms with Gasteiger partial charge in [0.1, 0.15) is 6.61 Å². The van der Waals surface area contributed by atoms with Crippen LogP contribution >= 0.6 is 0 Å². The van der Waals surface area contributed by atoms with Crippen LogP contribution in [0.2, 0.25) is 0 Å². The van der Waals surface area contributed by atoms with Crippen molar-refractivity contribution in [2.75, 3.05) is 19.8 Å². The van der Waals surface area contributed by atoms with E-state index in [1.54, 1.807) is 0 Å². The van der Waals surface area contributed by atoms with Crippen LogP contribution < -0.4 is 0 Å². The van der Waals surface area contributed by atoms with Crippen LogP contribution in [0, 0.1) is 0 Å². The number of allylic oxidation sites excluding steroid dienone is 16. The maximum Gasteiger partial charge on any atom is 0.306 e. The van der Waals surface area contributed by atoms with Crippen molar-refractivity contribution >= 4 is 11.9 Å². The minimum Gasteiger partial charge on any atom is -0.462 e. The highest BCUT2D eigenvalue weighted by Crippen LogP contribution is 2.14. The Hall–Kier alpha value is -3.18. The van der Waals surface area contributed by atoms with Crippen molar-refractivity contribution in [3.63, 3.8) is 0 Å². The molecule has 0 heterocycles. The molecule has 64 heavy (non-hydrogen) atoms. The van der Waals surface area contributed by atoms with Crippen molar-refractivity contribution in [2.24, 2.45) is 0 Å². The predicted molar refractivity (Wildman–Crippen MR) is 279 cm³/mol. The third-order valence-electron chi connectivity index (χ3n) is 11.1. The largest absolute Gasteiger partial charge is 0.462 e. The molecule has 0 aliphatic heterocycles. The molecule has 1 atom stereocenters. The van der Waals surface area contributed by atoms with Gasteiger partial charge in [-0.2, -0.15) is 0 Å². The molecule has 0 rings (SSSR count). The lowest BCUT2D eigenvalue weighted by atomic mass is 10.1. The molecule has 0 aromatic heterocycles. The van der Waals surface area contributed by atoms with Gasteiger partial charge in [0.25, 0.3) is 0 Å². The van der Waals surface area contributed by atoms with Crippen LogP contribution in [0.25, 0.3) is 0 Å². The topological polar surface area (TPSA) is 61.8 Å². The number of unbranched alkanes of at least 4 members (excludes halogenated alkanes) is 21. The summed E-state index contributed by atoms with van der Waals surface area (Å²) in [7, 11) is 0. The molecule has 5 heteroatoms. The van der Waals surface area contributed by atoms with E-state index < -0.39 is 6.10 Å². The van der Waals surface area contributed by atoms with Crippen LogP contribution in [0.5, 0.6) is 0 Å². The van der Waals surface area contributed by atoms with E-state index in [2.05, 4.69) is 118 Å². The second kappa shape index (κ2) is 54.2. The number of esters is 2. The first kappa shape index (κ1) is 60.8. The number of rotatable bonds is 48. The highest BCUT2D eigenvalue weighted by Gasteiger charge is 2.17. The van der Waals surface area contributed by atoms with Crippen molar-refractivity contribution in [3.8, 4) is 0 Å². The molecule has 0 saturated carbocycles. The van der Waals surface area contributed by atoms with E-state index in [1.165, 1.54) is 83.5 Å². The SMILES string of the molecule is CC/C=C\C/C=C\C/C=C\C/C=C\CCCCCCCCC(=O)OCC(COCCCCCCCCCCCCCC)OC(=O)CCCCCC/C=C\C/C=C\C/C=C\C/C=C\CC. The number of carbonyl (C=O) groups is 2. The van der Waals surface area contributed by atoms with Gasteiger partial charge >= 0.3 is 11.9 Å². The van der Waals surface area contributed by atoms with Crippen LogP contribution in [-0.2, 0) is 23.8 Å². The van der Waals surface area contributed by atoms with Crippen molar-refractivity contribution in [1.29, 1.82) is 0 Å². The molecule has 0 radical (unpaired) electrons. The zero-order valence-electron chi connectivity index (χ0n) is 42.0. The molecule has 0 bridgehead atoms. The number of carbonyl (C=O) groups excluding carboxylic acids is 2. The summed E-state index contributed by atoms with van der Waals surface area (Å²) in [6, 6.07) is 0.